The summed E-state index contributed by atoms with van der Waals surface area (Å²) in [5.74, 6) is 0. The molecule has 0 bridgehead atoms. The third-order valence-corrected chi connectivity index (χ3v) is 2.85. The van der Waals surface area contributed by atoms with Gasteiger partial charge in [0, 0.05) is 17.1 Å². The average Bonchev–Trinajstić information content (AvgIpc) is 2.36. The van der Waals surface area contributed by atoms with Gasteiger partial charge in [0.15, 0.2) is 0 Å². The number of rotatable bonds is 6. The van der Waals surface area contributed by atoms with Crippen molar-refractivity contribution in [3.63, 3.8) is 0 Å². The van der Waals surface area contributed by atoms with Gasteiger partial charge in [0.25, 0.3) is 0 Å². The van der Waals surface area contributed by atoms with Gasteiger partial charge in [0.2, 0.25) is 0 Å². The van der Waals surface area contributed by atoms with Crippen LogP contribution in [0.1, 0.15) is 33.3 Å². The van der Waals surface area contributed by atoms with E-state index < -0.39 is 6.10 Å². The zero-order valence-electron chi connectivity index (χ0n) is 12.5. The van der Waals surface area contributed by atoms with Crippen LogP contribution in [-0.2, 0) is 4.84 Å². The summed E-state index contributed by atoms with van der Waals surface area (Å²) in [5, 5.41) is 17.6. The fraction of sp³-hybridized carbons (Fsp3) is 0.533. The number of nitrogens with one attached hydrogen (secondary N) is 1. The second-order valence-corrected chi connectivity index (χ2v) is 6.20. The van der Waals surface area contributed by atoms with E-state index in [2.05, 4.69) is 10.5 Å². The fourth-order valence-electron chi connectivity index (χ4n) is 1.45. The van der Waals surface area contributed by atoms with Crippen LogP contribution in [0.5, 0.6) is 0 Å². The maximum Gasteiger partial charge on any atom is 0.144 e. The van der Waals surface area contributed by atoms with E-state index >= 15 is 0 Å². The number of halogens is 1. The Morgan fingerprint density at radius 2 is 1.95 bits per heavy atom. The Morgan fingerprint density at radius 3 is 2.50 bits per heavy atom. The molecule has 1 aromatic rings. The summed E-state index contributed by atoms with van der Waals surface area (Å²) in [4.78, 5) is 5.17. The summed E-state index contributed by atoms with van der Waals surface area (Å²) >= 11 is 5.82. The Bertz CT molecular complexity index is 438. The lowest BCUT2D eigenvalue weighted by Crippen LogP contribution is -2.42. The zero-order valence-corrected chi connectivity index (χ0v) is 13.2. The molecule has 20 heavy (non-hydrogen) atoms. The van der Waals surface area contributed by atoms with Gasteiger partial charge in [0.05, 0.1) is 5.71 Å². The summed E-state index contributed by atoms with van der Waals surface area (Å²) in [6.07, 6.45) is -0.587. The molecule has 112 valence electrons. The normalized spacial score (nSPS) is 14.2. The van der Waals surface area contributed by atoms with E-state index in [4.69, 9.17) is 16.4 Å². The highest BCUT2D eigenvalue weighted by atomic mass is 35.5. The molecule has 0 aliphatic carbocycles. The number of benzene rings is 1. The lowest BCUT2D eigenvalue weighted by Gasteiger charge is -2.22. The number of nitrogens with zero attached hydrogens (tertiary/aromatic N) is 1. The molecule has 1 aromatic carbocycles. The minimum Gasteiger partial charge on any atom is -0.393 e. The topological polar surface area (TPSA) is 53.9 Å². The number of hydrogen-bond acceptors (Lipinski definition) is 4. The van der Waals surface area contributed by atoms with Crippen LogP contribution in [0.2, 0.25) is 5.02 Å². The molecule has 5 heteroatoms. The Balaban J connectivity index is 2.38. The quantitative estimate of drug-likeness (QED) is 0.627. The van der Waals surface area contributed by atoms with Crippen LogP contribution >= 0.6 is 11.6 Å². The largest absolute Gasteiger partial charge is 0.393 e. The number of hydrogen-bond donors (Lipinski definition) is 2. The zero-order chi connectivity index (χ0) is 15.2. The molecule has 0 fully saturated rings. The first-order valence-electron chi connectivity index (χ1n) is 6.63. The molecule has 0 amide bonds. The van der Waals surface area contributed by atoms with E-state index in [-0.39, 0.29) is 12.1 Å². The van der Waals surface area contributed by atoms with Crippen LogP contribution in [0.3, 0.4) is 0 Å². The Labute approximate surface area is 125 Å². The SMILES string of the molecule is C/C(=N\OCC(O)CNC(C)(C)C)c1ccc(Cl)cc1. The Kier molecular flexibility index (Phi) is 6.46. The van der Waals surface area contributed by atoms with E-state index in [9.17, 15) is 5.11 Å². The highest BCUT2D eigenvalue weighted by molar-refractivity contribution is 6.30. The summed E-state index contributed by atoms with van der Waals surface area (Å²) in [6.45, 7) is 8.62. The molecular formula is C15H23ClN2O2. The van der Waals surface area contributed by atoms with Crippen molar-refractivity contribution >= 4 is 17.3 Å². The molecule has 0 aliphatic rings. The highest BCUT2D eigenvalue weighted by Crippen LogP contribution is 2.10. The molecule has 0 aromatic heterocycles. The summed E-state index contributed by atoms with van der Waals surface area (Å²) in [6, 6.07) is 7.36. The van der Waals surface area contributed by atoms with Crippen LogP contribution in [0, 0.1) is 0 Å². The molecular weight excluding hydrogens is 276 g/mol. The molecule has 0 heterocycles. The van der Waals surface area contributed by atoms with Gasteiger partial charge in [-0.05, 0) is 45.4 Å². The maximum atomic E-state index is 9.76. The van der Waals surface area contributed by atoms with Crippen molar-refractivity contribution in [3.8, 4) is 0 Å². The number of aliphatic hydroxyl groups excluding tert-OH is 1. The molecule has 1 unspecified atom stereocenters. The van der Waals surface area contributed by atoms with E-state index in [1.807, 2.05) is 39.8 Å². The van der Waals surface area contributed by atoms with Crippen molar-refractivity contribution in [1.82, 2.24) is 5.32 Å². The first-order chi connectivity index (χ1) is 9.28. The lowest BCUT2D eigenvalue weighted by atomic mass is 10.1. The number of oxime groups is 1. The maximum absolute atomic E-state index is 9.76. The molecule has 0 spiro atoms. The summed E-state index contributed by atoms with van der Waals surface area (Å²) < 4.78 is 0. The van der Waals surface area contributed by atoms with Crippen molar-refractivity contribution in [2.45, 2.75) is 39.3 Å². The summed E-state index contributed by atoms with van der Waals surface area (Å²) in [7, 11) is 0. The predicted molar refractivity (Wildman–Crippen MR) is 83.4 cm³/mol. The second kappa shape index (κ2) is 7.62. The minimum absolute atomic E-state index is 0.0243. The molecule has 0 saturated heterocycles. The van der Waals surface area contributed by atoms with Crippen molar-refractivity contribution in [3.05, 3.63) is 34.9 Å². The lowest BCUT2D eigenvalue weighted by molar-refractivity contribution is 0.0373. The molecule has 0 saturated carbocycles. The predicted octanol–water partition coefficient (Wildman–Crippen LogP) is 2.83. The monoisotopic (exact) mass is 298 g/mol. The van der Waals surface area contributed by atoms with Gasteiger partial charge >= 0.3 is 0 Å². The Hall–Kier alpha value is -1.10. The van der Waals surface area contributed by atoms with Crippen molar-refractivity contribution in [2.24, 2.45) is 5.16 Å². The van der Waals surface area contributed by atoms with Gasteiger partial charge in [-0.3, -0.25) is 0 Å². The van der Waals surface area contributed by atoms with Crippen molar-refractivity contribution < 1.29 is 9.94 Å². The van der Waals surface area contributed by atoms with Gasteiger partial charge in [-0.2, -0.15) is 0 Å². The number of aliphatic hydroxyl groups is 1. The van der Waals surface area contributed by atoms with Gasteiger partial charge in [-0.25, -0.2) is 0 Å². The Morgan fingerprint density at radius 1 is 1.35 bits per heavy atom. The van der Waals surface area contributed by atoms with Crippen molar-refractivity contribution in [1.29, 1.82) is 0 Å². The molecule has 1 rings (SSSR count). The first-order valence-corrected chi connectivity index (χ1v) is 7.01. The molecule has 4 nitrogen and oxygen atoms in total. The third-order valence-electron chi connectivity index (χ3n) is 2.60. The molecule has 2 N–H and O–H groups in total. The van der Waals surface area contributed by atoms with Gasteiger partial charge in [-0.1, -0.05) is 28.9 Å². The van der Waals surface area contributed by atoms with E-state index in [0.29, 0.717) is 11.6 Å². The van der Waals surface area contributed by atoms with Gasteiger partial charge in [-0.15, -0.1) is 0 Å². The van der Waals surface area contributed by atoms with Crippen LogP contribution in [-0.4, -0.2) is 35.6 Å². The standard InChI is InChI=1S/C15H23ClN2O2/c1-11(12-5-7-13(16)8-6-12)18-20-10-14(19)9-17-15(2,3)4/h5-8,14,17,19H,9-10H2,1-4H3/b18-11+. The number of β-amino-alcohol motifs (C(OH)–C–C–N with tert-alkyl or cyclic N) is 1. The fourth-order valence-corrected chi connectivity index (χ4v) is 1.57. The molecule has 0 aliphatic heterocycles. The molecule has 1 atom stereocenters. The second-order valence-electron chi connectivity index (χ2n) is 5.76. The minimum atomic E-state index is -0.587. The van der Waals surface area contributed by atoms with Gasteiger partial charge in [0.1, 0.15) is 12.7 Å². The average molecular weight is 299 g/mol. The third kappa shape index (κ3) is 6.89. The van der Waals surface area contributed by atoms with Crippen LogP contribution in [0.15, 0.2) is 29.4 Å². The van der Waals surface area contributed by atoms with Crippen LogP contribution in [0.4, 0.5) is 0 Å². The summed E-state index contributed by atoms with van der Waals surface area (Å²) in [5.41, 5.74) is 1.66. The highest BCUT2D eigenvalue weighted by Gasteiger charge is 2.12. The smallest absolute Gasteiger partial charge is 0.144 e. The van der Waals surface area contributed by atoms with E-state index in [1.54, 1.807) is 12.1 Å². The van der Waals surface area contributed by atoms with Crippen molar-refractivity contribution in [2.75, 3.05) is 13.2 Å². The molecule has 0 radical (unpaired) electrons. The van der Waals surface area contributed by atoms with Gasteiger partial charge < -0.3 is 15.3 Å². The van der Waals surface area contributed by atoms with Crippen LogP contribution < -0.4 is 5.32 Å². The van der Waals surface area contributed by atoms with Crippen LogP contribution in [0.25, 0.3) is 0 Å². The van der Waals surface area contributed by atoms with E-state index in [0.717, 1.165) is 11.3 Å². The van der Waals surface area contributed by atoms with E-state index in [1.165, 1.54) is 0 Å². The first kappa shape index (κ1) is 17.0.